The summed E-state index contributed by atoms with van der Waals surface area (Å²) < 4.78 is 26.5. The van der Waals surface area contributed by atoms with Gasteiger partial charge in [0.15, 0.2) is 0 Å². The molecule has 1 aliphatic carbocycles. The van der Waals surface area contributed by atoms with E-state index in [-0.39, 0.29) is 18.4 Å². The zero-order valence-corrected chi connectivity index (χ0v) is 12.3. The smallest absolute Gasteiger partial charge is 0.212 e. The summed E-state index contributed by atoms with van der Waals surface area (Å²) >= 11 is 0. The third kappa shape index (κ3) is 4.64. The molecule has 0 amide bonds. The Morgan fingerprint density at radius 3 is 2.55 bits per heavy atom. The molecule has 0 aromatic heterocycles. The van der Waals surface area contributed by atoms with Crippen LogP contribution in [0.4, 0.5) is 0 Å². The number of aliphatic hydroxyl groups is 1. The lowest BCUT2D eigenvalue weighted by Crippen LogP contribution is -2.29. The van der Waals surface area contributed by atoms with Gasteiger partial charge in [-0.3, -0.25) is 0 Å². The maximum Gasteiger partial charge on any atom is 0.212 e. The van der Waals surface area contributed by atoms with Crippen LogP contribution in [0.2, 0.25) is 0 Å². The Balaban J connectivity index is 1.99. The maximum atomic E-state index is 11.9. The number of benzene rings is 1. The van der Waals surface area contributed by atoms with E-state index in [1.807, 2.05) is 31.2 Å². The van der Waals surface area contributed by atoms with Gasteiger partial charge in [0.2, 0.25) is 10.0 Å². The van der Waals surface area contributed by atoms with Crippen molar-refractivity contribution in [1.29, 1.82) is 0 Å². The Kier molecular flexibility index (Phi) is 4.81. The highest BCUT2D eigenvalue weighted by molar-refractivity contribution is 7.89. The minimum Gasteiger partial charge on any atom is -0.384 e. The molecule has 1 aliphatic rings. The molecule has 2 rings (SSSR count). The summed E-state index contributed by atoms with van der Waals surface area (Å²) in [4.78, 5) is 0. The summed E-state index contributed by atoms with van der Waals surface area (Å²) in [5, 5.41) is 8.62. The van der Waals surface area contributed by atoms with Crippen molar-refractivity contribution in [2.24, 2.45) is 5.92 Å². The molecule has 1 saturated carbocycles. The number of nitrogens with one attached hydrogen (secondary N) is 1. The minimum absolute atomic E-state index is 0.168. The van der Waals surface area contributed by atoms with Crippen LogP contribution in [0.3, 0.4) is 0 Å². The van der Waals surface area contributed by atoms with Gasteiger partial charge in [0.1, 0.15) is 6.61 Å². The van der Waals surface area contributed by atoms with Crippen molar-refractivity contribution < 1.29 is 13.5 Å². The van der Waals surface area contributed by atoms with Crippen LogP contribution in [-0.2, 0) is 10.0 Å². The van der Waals surface area contributed by atoms with Crippen LogP contribution in [0.5, 0.6) is 0 Å². The van der Waals surface area contributed by atoms with Gasteiger partial charge in [0.05, 0.1) is 5.75 Å². The van der Waals surface area contributed by atoms with E-state index < -0.39 is 10.0 Å². The van der Waals surface area contributed by atoms with Crippen LogP contribution in [-0.4, -0.2) is 25.9 Å². The Morgan fingerprint density at radius 1 is 1.35 bits per heavy atom. The summed E-state index contributed by atoms with van der Waals surface area (Å²) in [5.41, 5.74) is 1.70. The Bertz CT molecular complexity index is 607. The predicted molar refractivity (Wildman–Crippen MR) is 78.5 cm³/mol. The third-order valence-electron chi connectivity index (χ3n) is 3.23. The van der Waals surface area contributed by atoms with Crippen LogP contribution in [0.15, 0.2) is 24.3 Å². The molecule has 0 heterocycles. The van der Waals surface area contributed by atoms with Crippen LogP contribution < -0.4 is 4.72 Å². The standard InChI is InChI=1S/C15H19NO3S/c1-12(16-20(18,19)11-14-4-5-14)15-8-6-13(7-9-15)3-2-10-17/h6-9,12,14,16-17H,4-5,10-11H2,1H3. The number of rotatable bonds is 5. The van der Waals surface area contributed by atoms with Crippen LogP contribution >= 0.6 is 0 Å². The molecule has 2 N–H and O–H groups in total. The second-order valence-corrected chi connectivity index (χ2v) is 6.94. The zero-order chi connectivity index (χ0) is 14.6. The fourth-order valence-corrected chi connectivity index (χ4v) is 3.70. The van der Waals surface area contributed by atoms with Gasteiger partial charge in [-0.15, -0.1) is 0 Å². The predicted octanol–water partition coefficient (Wildman–Crippen LogP) is 1.42. The van der Waals surface area contributed by atoms with Crippen LogP contribution in [0.1, 0.15) is 36.9 Å². The highest BCUT2D eigenvalue weighted by Crippen LogP contribution is 2.30. The van der Waals surface area contributed by atoms with E-state index in [2.05, 4.69) is 16.6 Å². The fourth-order valence-electron chi connectivity index (χ4n) is 1.98. The summed E-state index contributed by atoms with van der Waals surface area (Å²) in [6, 6.07) is 7.10. The lowest BCUT2D eigenvalue weighted by Gasteiger charge is -2.14. The molecule has 0 bridgehead atoms. The van der Waals surface area contributed by atoms with Gasteiger partial charge in [-0.1, -0.05) is 24.0 Å². The van der Waals surface area contributed by atoms with Gasteiger partial charge in [-0.05, 0) is 43.4 Å². The quantitative estimate of drug-likeness (QED) is 0.807. The lowest BCUT2D eigenvalue weighted by molar-refractivity contribution is 0.350. The highest BCUT2D eigenvalue weighted by Gasteiger charge is 2.28. The Morgan fingerprint density at radius 2 is 2.00 bits per heavy atom. The topological polar surface area (TPSA) is 66.4 Å². The molecule has 0 spiro atoms. The summed E-state index contributed by atoms with van der Waals surface area (Å²) in [7, 11) is -3.20. The molecule has 1 aromatic rings. The van der Waals surface area contributed by atoms with E-state index >= 15 is 0 Å². The van der Waals surface area contributed by atoms with Crippen molar-refractivity contribution in [3.63, 3.8) is 0 Å². The largest absolute Gasteiger partial charge is 0.384 e. The normalized spacial score (nSPS) is 16.3. The van der Waals surface area contributed by atoms with Gasteiger partial charge < -0.3 is 5.11 Å². The maximum absolute atomic E-state index is 11.9. The Hall–Kier alpha value is -1.35. The summed E-state index contributed by atoms with van der Waals surface area (Å²) in [6.45, 7) is 1.66. The van der Waals surface area contributed by atoms with Crippen LogP contribution in [0.25, 0.3) is 0 Å². The fraction of sp³-hybridized carbons (Fsp3) is 0.467. The summed E-state index contributed by atoms with van der Waals surface area (Å²) in [6.07, 6.45) is 2.04. The number of aliphatic hydroxyl groups excluding tert-OH is 1. The molecule has 0 saturated heterocycles. The van der Waals surface area contributed by atoms with E-state index in [1.54, 1.807) is 0 Å². The molecule has 1 aromatic carbocycles. The SMILES string of the molecule is CC(NS(=O)(=O)CC1CC1)c1ccc(C#CCO)cc1. The number of hydrogen-bond acceptors (Lipinski definition) is 3. The molecule has 5 heteroatoms. The number of sulfonamides is 1. The summed E-state index contributed by atoms with van der Waals surface area (Å²) in [5.74, 6) is 5.96. The van der Waals surface area contributed by atoms with Crippen molar-refractivity contribution >= 4 is 10.0 Å². The zero-order valence-electron chi connectivity index (χ0n) is 11.5. The first-order valence-corrected chi connectivity index (χ1v) is 8.35. The third-order valence-corrected chi connectivity index (χ3v) is 4.85. The number of hydrogen-bond donors (Lipinski definition) is 2. The van der Waals surface area contributed by atoms with Crippen LogP contribution in [0, 0.1) is 17.8 Å². The molecular weight excluding hydrogens is 274 g/mol. The second kappa shape index (κ2) is 6.40. The van der Waals surface area contributed by atoms with Crippen molar-refractivity contribution in [3.05, 3.63) is 35.4 Å². The van der Waals surface area contributed by atoms with Gasteiger partial charge in [0.25, 0.3) is 0 Å². The van der Waals surface area contributed by atoms with E-state index in [9.17, 15) is 8.42 Å². The molecular formula is C15H19NO3S. The van der Waals surface area contributed by atoms with Gasteiger partial charge >= 0.3 is 0 Å². The van der Waals surface area contributed by atoms with E-state index in [0.717, 1.165) is 24.0 Å². The molecule has 1 atom stereocenters. The monoisotopic (exact) mass is 293 g/mol. The molecule has 0 aliphatic heterocycles. The van der Waals surface area contributed by atoms with Crippen molar-refractivity contribution in [2.75, 3.05) is 12.4 Å². The first-order chi connectivity index (χ1) is 9.50. The van der Waals surface area contributed by atoms with E-state index in [0.29, 0.717) is 5.92 Å². The van der Waals surface area contributed by atoms with Gasteiger partial charge in [-0.2, -0.15) is 0 Å². The first kappa shape index (κ1) is 15.0. The minimum atomic E-state index is -3.20. The van der Waals surface area contributed by atoms with Crippen molar-refractivity contribution in [3.8, 4) is 11.8 Å². The molecule has 1 unspecified atom stereocenters. The molecule has 108 valence electrons. The van der Waals surface area contributed by atoms with Gasteiger partial charge in [-0.25, -0.2) is 13.1 Å². The average Bonchev–Trinajstić information content (AvgIpc) is 3.19. The average molecular weight is 293 g/mol. The first-order valence-electron chi connectivity index (χ1n) is 6.70. The van der Waals surface area contributed by atoms with E-state index in [4.69, 9.17) is 5.11 Å². The molecule has 4 nitrogen and oxygen atoms in total. The molecule has 1 fully saturated rings. The highest BCUT2D eigenvalue weighted by atomic mass is 32.2. The van der Waals surface area contributed by atoms with Crippen molar-refractivity contribution in [1.82, 2.24) is 4.72 Å². The lowest BCUT2D eigenvalue weighted by atomic mass is 10.1. The Labute approximate surface area is 120 Å². The second-order valence-electron chi connectivity index (χ2n) is 5.15. The molecule has 20 heavy (non-hydrogen) atoms. The van der Waals surface area contributed by atoms with E-state index in [1.165, 1.54) is 0 Å². The van der Waals surface area contributed by atoms with Gasteiger partial charge in [0, 0.05) is 11.6 Å². The van der Waals surface area contributed by atoms with Crippen molar-refractivity contribution in [2.45, 2.75) is 25.8 Å². The molecule has 0 radical (unpaired) electrons.